The highest BCUT2D eigenvalue weighted by atomic mass is 32.2. The smallest absolute Gasteiger partial charge is 0.345 e. The second kappa shape index (κ2) is 7.49. The number of hydrogen-bond acceptors (Lipinski definition) is 5. The zero-order valence-corrected chi connectivity index (χ0v) is 17.0. The van der Waals surface area contributed by atoms with E-state index in [4.69, 9.17) is 0 Å². The number of carbonyl (C=O) groups is 1. The molecule has 0 radical (unpaired) electrons. The third-order valence-corrected chi connectivity index (χ3v) is 6.15. The molecule has 2 aromatic heterocycles. The summed E-state index contributed by atoms with van der Waals surface area (Å²) in [6.07, 6.45) is 0.378. The largest absolute Gasteiger partial charge is 0.433 e. The minimum absolute atomic E-state index is 0.115. The van der Waals surface area contributed by atoms with Crippen LogP contribution in [0.3, 0.4) is 0 Å². The van der Waals surface area contributed by atoms with Gasteiger partial charge in [0.25, 0.3) is 5.91 Å². The molecule has 0 spiro atoms. The monoisotopic (exact) mass is 450 g/mol. The number of carbonyl (C=O) groups excluding carboxylic acids is 1. The lowest BCUT2D eigenvalue weighted by molar-refractivity contribution is -0.141. The van der Waals surface area contributed by atoms with Crippen molar-refractivity contribution in [2.24, 2.45) is 0 Å². The van der Waals surface area contributed by atoms with Crippen molar-refractivity contribution in [2.75, 3.05) is 6.26 Å². The van der Waals surface area contributed by atoms with Crippen molar-refractivity contribution >= 4 is 15.7 Å². The Morgan fingerprint density at radius 2 is 1.90 bits per heavy atom. The topological polar surface area (TPSA) is 94.0 Å². The number of rotatable bonds is 4. The van der Waals surface area contributed by atoms with E-state index in [0.29, 0.717) is 24.1 Å². The van der Waals surface area contributed by atoms with E-state index < -0.39 is 21.7 Å². The van der Waals surface area contributed by atoms with Gasteiger partial charge in [-0.2, -0.15) is 18.3 Å². The molecule has 4 rings (SSSR count). The zero-order chi connectivity index (χ0) is 22.4. The van der Waals surface area contributed by atoms with Crippen LogP contribution < -0.4 is 5.32 Å². The van der Waals surface area contributed by atoms with E-state index in [1.54, 1.807) is 6.20 Å². The van der Waals surface area contributed by atoms with Gasteiger partial charge in [-0.1, -0.05) is 0 Å². The maximum atomic E-state index is 12.9. The molecule has 1 unspecified atom stereocenters. The van der Waals surface area contributed by atoms with E-state index in [9.17, 15) is 26.4 Å². The van der Waals surface area contributed by atoms with Crippen LogP contribution in [0.2, 0.25) is 0 Å². The molecule has 1 atom stereocenters. The number of halogens is 3. The van der Waals surface area contributed by atoms with Gasteiger partial charge in [-0.25, -0.2) is 13.1 Å². The summed E-state index contributed by atoms with van der Waals surface area (Å²) in [5, 5.41) is 7.23. The lowest BCUT2D eigenvalue weighted by Gasteiger charge is -2.13. The molecule has 0 fully saturated rings. The maximum Gasteiger partial charge on any atom is 0.433 e. The molecule has 7 nitrogen and oxygen atoms in total. The Hall–Kier alpha value is -3.21. The average Bonchev–Trinajstić information content (AvgIpc) is 3.29. The third-order valence-electron chi connectivity index (χ3n) is 5.02. The number of fused-ring (bicyclic) bond motifs is 1. The molecular formula is C20H17F3N4O3S. The molecule has 2 heterocycles. The predicted octanol–water partition coefficient (Wildman–Crippen LogP) is 3.11. The van der Waals surface area contributed by atoms with Gasteiger partial charge in [0.2, 0.25) is 0 Å². The van der Waals surface area contributed by atoms with Gasteiger partial charge in [-0.15, -0.1) is 0 Å². The van der Waals surface area contributed by atoms with E-state index in [1.165, 1.54) is 35.0 Å². The molecule has 0 saturated heterocycles. The van der Waals surface area contributed by atoms with Crippen LogP contribution >= 0.6 is 0 Å². The molecule has 0 saturated carbocycles. The third kappa shape index (κ3) is 4.31. The fourth-order valence-electron chi connectivity index (χ4n) is 3.44. The van der Waals surface area contributed by atoms with Crippen LogP contribution in [0.5, 0.6) is 0 Å². The average molecular weight is 450 g/mol. The first-order valence-electron chi connectivity index (χ1n) is 9.25. The molecule has 1 N–H and O–H groups in total. The number of amides is 1. The van der Waals surface area contributed by atoms with Crippen LogP contribution in [0.15, 0.2) is 53.7 Å². The second-order valence-electron chi connectivity index (χ2n) is 7.23. The summed E-state index contributed by atoms with van der Waals surface area (Å²) in [5.41, 5.74) is 0.938. The molecule has 1 aromatic carbocycles. The molecular weight excluding hydrogens is 433 g/mol. The van der Waals surface area contributed by atoms with Gasteiger partial charge >= 0.3 is 6.18 Å². The van der Waals surface area contributed by atoms with Gasteiger partial charge in [0.1, 0.15) is 5.69 Å². The Kier molecular flexibility index (Phi) is 5.08. The molecule has 162 valence electrons. The quantitative estimate of drug-likeness (QED) is 0.659. The zero-order valence-electron chi connectivity index (χ0n) is 16.2. The summed E-state index contributed by atoms with van der Waals surface area (Å²) in [6, 6.07) is 7.58. The molecule has 0 aliphatic heterocycles. The Bertz CT molecular complexity index is 1250. The SMILES string of the molecule is CS(=O)(=O)c1ccc(C(=O)NC2CCc3nn(-c4ccnc(C(F)(F)F)c4)cc32)cc1. The van der Waals surface area contributed by atoms with E-state index >= 15 is 0 Å². The Labute approximate surface area is 175 Å². The summed E-state index contributed by atoms with van der Waals surface area (Å²) < 4.78 is 63.2. The van der Waals surface area contributed by atoms with Gasteiger partial charge in [0.15, 0.2) is 9.84 Å². The molecule has 1 amide bonds. The van der Waals surface area contributed by atoms with E-state index in [-0.39, 0.29) is 22.5 Å². The Morgan fingerprint density at radius 3 is 2.55 bits per heavy atom. The van der Waals surface area contributed by atoms with Crippen molar-refractivity contribution in [3.63, 3.8) is 0 Å². The number of hydrogen-bond donors (Lipinski definition) is 1. The fraction of sp³-hybridized carbons (Fsp3) is 0.250. The summed E-state index contributed by atoms with van der Waals surface area (Å²) in [6.45, 7) is 0. The van der Waals surface area contributed by atoms with Gasteiger partial charge in [-0.3, -0.25) is 9.78 Å². The summed E-state index contributed by atoms with van der Waals surface area (Å²) in [4.78, 5) is 16.0. The molecule has 1 aliphatic rings. The van der Waals surface area contributed by atoms with E-state index in [0.717, 1.165) is 24.1 Å². The lowest BCUT2D eigenvalue weighted by atomic mass is 10.1. The van der Waals surface area contributed by atoms with Crippen molar-refractivity contribution in [1.29, 1.82) is 0 Å². The van der Waals surface area contributed by atoms with Gasteiger partial charge in [-0.05, 0) is 49.2 Å². The van der Waals surface area contributed by atoms with Crippen LogP contribution in [-0.2, 0) is 22.4 Å². The number of nitrogens with one attached hydrogen (secondary N) is 1. The number of sulfone groups is 1. The minimum Gasteiger partial charge on any atom is -0.345 e. The van der Waals surface area contributed by atoms with Crippen LogP contribution in [0.4, 0.5) is 13.2 Å². The van der Waals surface area contributed by atoms with Crippen molar-refractivity contribution in [3.05, 3.63) is 71.3 Å². The highest BCUT2D eigenvalue weighted by molar-refractivity contribution is 7.90. The van der Waals surface area contributed by atoms with Gasteiger partial charge in [0.05, 0.1) is 22.3 Å². The number of alkyl halides is 3. The minimum atomic E-state index is -4.56. The van der Waals surface area contributed by atoms with Crippen LogP contribution in [-0.4, -0.2) is 35.3 Å². The maximum absolute atomic E-state index is 12.9. The number of aryl methyl sites for hydroxylation is 1. The molecule has 3 aromatic rings. The van der Waals surface area contributed by atoms with Gasteiger partial charge < -0.3 is 5.32 Å². The molecule has 31 heavy (non-hydrogen) atoms. The first-order valence-corrected chi connectivity index (χ1v) is 11.1. The second-order valence-corrected chi connectivity index (χ2v) is 9.25. The summed E-state index contributed by atoms with van der Waals surface area (Å²) in [7, 11) is -3.36. The normalized spacial score (nSPS) is 16.2. The van der Waals surface area contributed by atoms with Crippen molar-refractivity contribution < 1.29 is 26.4 Å². The van der Waals surface area contributed by atoms with Crippen molar-refractivity contribution in [2.45, 2.75) is 30.0 Å². The molecule has 1 aliphatic carbocycles. The number of aromatic nitrogens is 3. The lowest BCUT2D eigenvalue weighted by Crippen LogP contribution is -2.27. The van der Waals surface area contributed by atoms with Crippen LogP contribution in [0.25, 0.3) is 5.69 Å². The molecule has 11 heteroatoms. The van der Waals surface area contributed by atoms with Crippen LogP contribution in [0, 0.1) is 0 Å². The Morgan fingerprint density at radius 1 is 1.19 bits per heavy atom. The highest BCUT2D eigenvalue weighted by Gasteiger charge is 2.33. The van der Waals surface area contributed by atoms with Crippen LogP contribution in [0.1, 0.15) is 39.8 Å². The fourth-order valence-corrected chi connectivity index (χ4v) is 4.07. The number of nitrogens with zero attached hydrogens (tertiary/aromatic N) is 3. The number of benzene rings is 1. The van der Waals surface area contributed by atoms with Gasteiger partial charge in [0, 0.05) is 29.8 Å². The first kappa shape index (κ1) is 21.0. The number of pyridine rings is 1. The van der Waals surface area contributed by atoms with E-state index in [2.05, 4.69) is 15.4 Å². The highest BCUT2D eigenvalue weighted by Crippen LogP contribution is 2.32. The van der Waals surface area contributed by atoms with E-state index in [1.807, 2.05) is 0 Å². The summed E-state index contributed by atoms with van der Waals surface area (Å²) >= 11 is 0. The molecule has 0 bridgehead atoms. The summed E-state index contributed by atoms with van der Waals surface area (Å²) in [5.74, 6) is -0.381. The standard InChI is InChI=1S/C20H17F3N4O3S/c1-31(29,30)14-4-2-12(3-5-14)19(28)25-16-6-7-17-15(16)11-27(26-17)13-8-9-24-18(10-13)20(21,22)23/h2-5,8-11,16H,6-7H2,1H3,(H,25,28). The van der Waals surface area contributed by atoms with Crippen molar-refractivity contribution in [3.8, 4) is 5.69 Å². The Balaban J connectivity index is 1.53. The first-order chi connectivity index (χ1) is 14.5. The predicted molar refractivity (Wildman–Crippen MR) is 104 cm³/mol. The van der Waals surface area contributed by atoms with Crippen molar-refractivity contribution in [1.82, 2.24) is 20.1 Å².